The van der Waals surface area contributed by atoms with Gasteiger partial charge in [-0.05, 0) is 45.2 Å². The van der Waals surface area contributed by atoms with Gasteiger partial charge in [0.2, 0.25) is 0 Å². The van der Waals surface area contributed by atoms with E-state index in [2.05, 4.69) is 24.3 Å². The number of hydrogen-bond acceptors (Lipinski definition) is 4. The number of nitrogens with two attached hydrogens (primary N) is 2. The molecule has 7 aromatic rings. The van der Waals surface area contributed by atoms with Crippen LogP contribution in [0.2, 0.25) is 0 Å². The smallest absolute Gasteiger partial charge is 0.194 e. The second-order valence-corrected chi connectivity index (χ2v) is 10.3. The summed E-state index contributed by atoms with van der Waals surface area (Å²) in [5, 5.41) is 7.41. The van der Waals surface area contributed by atoms with E-state index in [1.54, 1.807) is 0 Å². The standard InChI is InChI=1S/C34H18N2O2/c35-25-13-23-27-17(15-5-1-3-7-19(15)33(23)37)9-11-21-30-26(36)14-24-28-18(16-6-2-4-8-20(16)34(24)38)10-12-22(32(28)30)29(25)31(21)27/h1-14H,35-36H2. The number of carbonyl (C=O) groups excluding carboxylic acids is 2. The van der Waals surface area contributed by atoms with Crippen molar-refractivity contribution in [2.75, 3.05) is 11.5 Å². The summed E-state index contributed by atoms with van der Waals surface area (Å²) in [6.07, 6.45) is 0. The topological polar surface area (TPSA) is 86.2 Å². The van der Waals surface area contributed by atoms with Gasteiger partial charge in [0.1, 0.15) is 0 Å². The van der Waals surface area contributed by atoms with E-state index < -0.39 is 0 Å². The van der Waals surface area contributed by atoms with Crippen molar-refractivity contribution >= 4 is 66.0 Å². The molecule has 0 aromatic heterocycles. The second kappa shape index (κ2) is 6.36. The van der Waals surface area contributed by atoms with Gasteiger partial charge in [-0.1, -0.05) is 72.8 Å². The third kappa shape index (κ3) is 2.07. The molecule has 0 fully saturated rings. The van der Waals surface area contributed by atoms with Crippen LogP contribution in [0.1, 0.15) is 31.8 Å². The van der Waals surface area contributed by atoms with Crippen molar-refractivity contribution in [3.63, 3.8) is 0 Å². The van der Waals surface area contributed by atoms with Crippen LogP contribution in [0.3, 0.4) is 0 Å². The van der Waals surface area contributed by atoms with Crippen LogP contribution in [0.15, 0.2) is 84.9 Å². The van der Waals surface area contributed by atoms with E-state index in [1.165, 1.54) is 0 Å². The molecule has 4 N–H and O–H groups in total. The van der Waals surface area contributed by atoms with Crippen LogP contribution < -0.4 is 11.5 Å². The molecule has 7 aromatic carbocycles. The summed E-state index contributed by atoms with van der Waals surface area (Å²) in [6.45, 7) is 0. The lowest BCUT2D eigenvalue weighted by Gasteiger charge is -2.27. The molecule has 0 bridgehead atoms. The van der Waals surface area contributed by atoms with Gasteiger partial charge in [0.15, 0.2) is 11.6 Å². The summed E-state index contributed by atoms with van der Waals surface area (Å²) in [4.78, 5) is 27.3. The minimum atomic E-state index is -0.0188. The summed E-state index contributed by atoms with van der Waals surface area (Å²) in [5.41, 5.74) is 21.2. The zero-order valence-corrected chi connectivity index (χ0v) is 20.1. The first-order chi connectivity index (χ1) is 18.5. The van der Waals surface area contributed by atoms with Gasteiger partial charge in [-0.15, -0.1) is 0 Å². The van der Waals surface area contributed by atoms with Gasteiger partial charge >= 0.3 is 0 Å². The SMILES string of the molecule is Nc1cc2c3c(ccc4c5c(N)cc6c7c(ccc(c1c34)c75)-c1ccccc1C6=O)-c1ccccc1C2=O. The first-order valence-corrected chi connectivity index (χ1v) is 12.6. The fourth-order valence-corrected chi connectivity index (χ4v) is 7.10. The molecule has 0 amide bonds. The molecule has 176 valence electrons. The highest BCUT2D eigenvalue weighted by molar-refractivity contribution is 6.44. The van der Waals surface area contributed by atoms with Gasteiger partial charge in [0, 0.05) is 65.9 Å². The van der Waals surface area contributed by atoms with Crippen molar-refractivity contribution in [3.8, 4) is 22.3 Å². The summed E-state index contributed by atoms with van der Waals surface area (Å²) in [5.74, 6) is -0.0376. The predicted octanol–water partition coefficient (Wildman–Crippen LogP) is 7.32. The van der Waals surface area contributed by atoms with Crippen molar-refractivity contribution in [3.05, 3.63) is 107 Å². The lowest BCUT2D eigenvalue weighted by molar-refractivity contribution is 0.103. The van der Waals surface area contributed by atoms with Crippen molar-refractivity contribution < 1.29 is 9.59 Å². The fourth-order valence-electron chi connectivity index (χ4n) is 7.10. The molecule has 0 aliphatic heterocycles. The number of benzene rings is 7. The Morgan fingerprint density at radius 2 is 0.763 bits per heavy atom. The Hall–Kier alpha value is -5.22. The lowest BCUT2D eigenvalue weighted by atomic mass is 9.76. The van der Waals surface area contributed by atoms with Gasteiger partial charge < -0.3 is 11.5 Å². The van der Waals surface area contributed by atoms with Gasteiger partial charge in [-0.2, -0.15) is 0 Å². The molecule has 0 saturated heterocycles. The Morgan fingerprint density at radius 3 is 1.18 bits per heavy atom. The number of anilines is 2. The summed E-state index contributed by atoms with van der Waals surface area (Å²) in [7, 11) is 0. The number of carbonyl (C=O) groups is 2. The fraction of sp³-hybridized carbons (Fsp3) is 0. The van der Waals surface area contributed by atoms with E-state index in [0.717, 1.165) is 65.3 Å². The highest BCUT2D eigenvalue weighted by Gasteiger charge is 2.32. The Bertz CT molecular complexity index is 2130. The molecule has 2 aliphatic carbocycles. The summed E-state index contributed by atoms with van der Waals surface area (Å²) < 4.78 is 0. The monoisotopic (exact) mass is 486 g/mol. The maximum atomic E-state index is 13.6. The van der Waals surface area contributed by atoms with Gasteiger partial charge in [-0.25, -0.2) is 0 Å². The molecule has 9 rings (SSSR count). The number of rotatable bonds is 0. The quantitative estimate of drug-likeness (QED) is 0.134. The highest BCUT2D eigenvalue weighted by atomic mass is 16.1. The zero-order valence-electron chi connectivity index (χ0n) is 20.1. The van der Waals surface area contributed by atoms with Crippen molar-refractivity contribution in [1.29, 1.82) is 0 Å². The molecule has 0 unspecified atom stereocenters. The van der Waals surface area contributed by atoms with E-state index in [1.807, 2.05) is 60.7 Å². The molecule has 0 atom stereocenters. The first-order valence-electron chi connectivity index (χ1n) is 12.6. The summed E-state index contributed by atoms with van der Waals surface area (Å²) >= 11 is 0. The van der Waals surface area contributed by atoms with Crippen LogP contribution in [0.5, 0.6) is 0 Å². The van der Waals surface area contributed by atoms with Crippen LogP contribution >= 0.6 is 0 Å². The van der Waals surface area contributed by atoms with E-state index >= 15 is 0 Å². The van der Waals surface area contributed by atoms with Crippen LogP contribution in [-0.2, 0) is 0 Å². The predicted molar refractivity (Wildman–Crippen MR) is 154 cm³/mol. The van der Waals surface area contributed by atoms with E-state index in [4.69, 9.17) is 11.5 Å². The number of ketones is 2. The number of fused-ring (bicyclic) bond motifs is 6. The third-order valence-electron chi connectivity index (χ3n) is 8.58. The normalized spacial score (nSPS) is 13.6. The second-order valence-electron chi connectivity index (χ2n) is 10.3. The maximum Gasteiger partial charge on any atom is 0.194 e. The van der Waals surface area contributed by atoms with Crippen molar-refractivity contribution in [1.82, 2.24) is 0 Å². The molecule has 4 nitrogen and oxygen atoms in total. The van der Waals surface area contributed by atoms with Crippen LogP contribution in [0, 0.1) is 0 Å². The van der Waals surface area contributed by atoms with Crippen molar-refractivity contribution in [2.45, 2.75) is 0 Å². The number of nitrogen functional groups attached to an aromatic ring is 2. The molecule has 0 saturated carbocycles. The molecule has 0 spiro atoms. The van der Waals surface area contributed by atoms with Crippen LogP contribution in [-0.4, -0.2) is 11.6 Å². The Morgan fingerprint density at radius 1 is 0.368 bits per heavy atom. The van der Waals surface area contributed by atoms with E-state index in [-0.39, 0.29) is 11.6 Å². The average molecular weight is 487 g/mol. The Balaban J connectivity index is 1.58. The highest BCUT2D eigenvalue weighted by Crippen LogP contribution is 2.53. The molecule has 0 radical (unpaired) electrons. The zero-order chi connectivity index (χ0) is 25.4. The van der Waals surface area contributed by atoms with E-state index in [0.29, 0.717) is 33.6 Å². The molecular weight excluding hydrogens is 468 g/mol. The Labute approximate surface area is 216 Å². The average Bonchev–Trinajstić information content (AvgIpc) is 2.94. The first kappa shape index (κ1) is 19.9. The van der Waals surface area contributed by atoms with Gasteiger partial charge in [0.25, 0.3) is 0 Å². The molecular formula is C34H18N2O2. The van der Waals surface area contributed by atoms with Crippen molar-refractivity contribution in [2.24, 2.45) is 0 Å². The molecule has 38 heavy (non-hydrogen) atoms. The molecule has 4 heteroatoms. The number of hydrogen-bond donors (Lipinski definition) is 2. The minimum absolute atomic E-state index is 0.0188. The molecule has 0 heterocycles. The largest absolute Gasteiger partial charge is 0.398 e. The van der Waals surface area contributed by atoms with Crippen LogP contribution in [0.25, 0.3) is 65.3 Å². The summed E-state index contributed by atoms with van der Waals surface area (Å²) in [6, 6.07) is 27.5. The van der Waals surface area contributed by atoms with E-state index in [9.17, 15) is 9.59 Å². The third-order valence-corrected chi connectivity index (χ3v) is 8.58. The van der Waals surface area contributed by atoms with Crippen LogP contribution in [0.4, 0.5) is 11.4 Å². The minimum Gasteiger partial charge on any atom is -0.398 e. The Kier molecular flexibility index (Phi) is 3.33. The maximum absolute atomic E-state index is 13.6. The lowest BCUT2D eigenvalue weighted by Crippen LogP contribution is -2.13. The molecule has 2 aliphatic rings. The van der Waals surface area contributed by atoms with Gasteiger partial charge in [-0.3, -0.25) is 9.59 Å². The van der Waals surface area contributed by atoms with Gasteiger partial charge in [0.05, 0.1) is 0 Å².